The van der Waals surface area contributed by atoms with Crippen LogP contribution in [0.5, 0.6) is 0 Å². The molecule has 1 aliphatic rings. The Kier molecular flexibility index (Phi) is 6.39. The number of nitrogens with one attached hydrogen (secondary N) is 1. The number of ether oxygens (including phenoxy) is 1. The van der Waals surface area contributed by atoms with Gasteiger partial charge in [0.25, 0.3) is 5.91 Å². The fourth-order valence-corrected chi connectivity index (χ4v) is 3.63. The van der Waals surface area contributed by atoms with E-state index in [0.29, 0.717) is 36.8 Å². The summed E-state index contributed by atoms with van der Waals surface area (Å²) in [4.78, 5) is 26.0. The number of carbonyl (C=O) groups is 1. The Bertz CT molecular complexity index is 1130. The topological polar surface area (TPSA) is 86.1 Å². The van der Waals surface area contributed by atoms with Gasteiger partial charge in [0.1, 0.15) is 11.4 Å². The molecule has 160 valence electrons. The Morgan fingerprint density at radius 2 is 1.87 bits per heavy atom. The standard InChI is InChI=1S/C22H20ClFN4O3/c23-19-5-6-20(27-26-19)25-22(30)18-13-28(11-14-7-9-31-10-8-14)12-17(21(18)29)15-1-3-16(24)4-2-15/h1-6,12-14H,7-11H2,(H,25,27,30). The highest BCUT2D eigenvalue weighted by Crippen LogP contribution is 2.21. The molecule has 7 nitrogen and oxygen atoms in total. The van der Waals surface area contributed by atoms with Crippen molar-refractivity contribution >= 4 is 23.3 Å². The zero-order chi connectivity index (χ0) is 21.8. The summed E-state index contributed by atoms with van der Waals surface area (Å²) in [6, 6.07) is 8.61. The molecule has 1 aliphatic heterocycles. The second kappa shape index (κ2) is 9.36. The van der Waals surface area contributed by atoms with E-state index in [1.165, 1.54) is 36.4 Å². The first-order valence-corrected chi connectivity index (χ1v) is 10.3. The van der Waals surface area contributed by atoms with Crippen LogP contribution in [0.1, 0.15) is 23.2 Å². The summed E-state index contributed by atoms with van der Waals surface area (Å²) in [5.74, 6) is -0.458. The summed E-state index contributed by atoms with van der Waals surface area (Å²) >= 11 is 5.73. The zero-order valence-electron chi connectivity index (χ0n) is 16.6. The minimum atomic E-state index is -0.605. The first-order valence-electron chi connectivity index (χ1n) is 9.88. The molecule has 9 heteroatoms. The molecule has 1 saturated heterocycles. The van der Waals surface area contributed by atoms with Crippen LogP contribution in [-0.2, 0) is 11.3 Å². The lowest BCUT2D eigenvalue weighted by Gasteiger charge is -2.23. The van der Waals surface area contributed by atoms with Gasteiger partial charge >= 0.3 is 0 Å². The monoisotopic (exact) mass is 442 g/mol. The molecule has 2 aromatic heterocycles. The molecule has 0 radical (unpaired) electrons. The van der Waals surface area contributed by atoms with Crippen molar-refractivity contribution in [1.29, 1.82) is 0 Å². The number of carbonyl (C=O) groups excluding carboxylic acids is 1. The average Bonchev–Trinajstić information content (AvgIpc) is 2.78. The average molecular weight is 443 g/mol. The van der Waals surface area contributed by atoms with E-state index in [2.05, 4.69) is 15.5 Å². The number of halogens is 2. The second-order valence-corrected chi connectivity index (χ2v) is 7.76. The van der Waals surface area contributed by atoms with E-state index in [-0.39, 0.29) is 16.5 Å². The number of benzene rings is 1. The quantitative estimate of drug-likeness (QED) is 0.650. The van der Waals surface area contributed by atoms with Gasteiger partial charge in [-0.25, -0.2) is 4.39 Å². The molecule has 4 rings (SSSR count). The van der Waals surface area contributed by atoms with Crippen LogP contribution in [0.4, 0.5) is 10.2 Å². The van der Waals surface area contributed by atoms with E-state index in [4.69, 9.17) is 16.3 Å². The van der Waals surface area contributed by atoms with Gasteiger partial charge in [0.15, 0.2) is 11.0 Å². The molecular formula is C22H20ClFN4O3. The smallest absolute Gasteiger partial charge is 0.262 e. The van der Waals surface area contributed by atoms with Gasteiger partial charge in [-0.2, -0.15) is 0 Å². The number of nitrogens with zero attached hydrogens (tertiary/aromatic N) is 3. The Morgan fingerprint density at radius 3 is 2.55 bits per heavy atom. The molecule has 0 unspecified atom stereocenters. The SMILES string of the molecule is O=C(Nc1ccc(Cl)nn1)c1cn(CC2CCOCC2)cc(-c2ccc(F)cc2)c1=O. The molecular weight excluding hydrogens is 423 g/mol. The van der Waals surface area contributed by atoms with E-state index in [0.717, 1.165) is 12.8 Å². The number of pyridine rings is 1. The van der Waals surface area contributed by atoms with Crippen molar-refractivity contribution < 1.29 is 13.9 Å². The van der Waals surface area contributed by atoms with E-state index < -0.39 is 17.2 Å². The van der Waals surface area contributed by atoms with Gasteiger partial charge in [0.05, 0.1) is 0 Å². The van der Waals surface area contributed by atoms with Gasteiger partial charge in [-0.1, -0.05) is 23.7 Å². The fourth-order valence-electron chi connectivity index (χ4n) is 3.53. The highest BCUT2D eigenvalue weighted by molar-refractivity contribution is 6.29. The summed E-state index contributed by atoms with van der Waals surface area (Å²) in [7, 11) is 0. The van der Waals surface area contributed by atoms with Crippen LogP contribution in [0, 0.1) is 11.7 Å². The number of anilines is 1. The van der Waals surface area contributed by atoms with Gasteiger partial charge in [-0.3, -0.25) is 9.59 Å². The van der Waals surface area contributed by atoms with Crippen LogP contribution >= 0.6 is 11.6 Å². The highest BCUT2D eigenvalue weighted by Gasteiger charge is 2.19. The first kappa shape index (κ1) is 21.1. The van der Waals surface area contributed by atoms with Gasteiger partial charge in [0.2, 0.25) is 5.43 Å². The van der Waals surface area contributed by atoms with Gasteiger partial charge < -0.3 is 14.6 Å². The van der Waals surface area contributed by atoms with Gasteiger partial charge in [0, 0.05) is 37.7 Å². The van der Waals surface area contributed by atoms with Crippen LogP contribution in [0.3, 0.4) is 0 Å². The molecule has 1 aromatic carbocycles. The molecule has 3 aromatic rings. The number of hydrogen-bond donors (Lipinski definition) is 1. The van der Waals surface area contributed by atoms with Crippen LogP contribution in [0.15, 0.2) is 53.6 Å². The molecule has 0 bridgehead atoms. The van der Waals surface area contributed by atoms with Crippen LogP contribution in [-0.4, -0.2) is 33.9 Å². The van der Waals surface area contributed by atoms with E-state index in [1.807, 2.05) is 4.57 Å². The fraction of sp³-hybridized carbons (Fsp3) is 0.273. The molecule has 0 atom stereocenters. The molecule has 0 spiro atoms. The Hall–Kier alpha value is -3.10. The molecule has 1 amide bonds. The summed E-state index contributed by atoms with van der Waals surface area (Å²) in [6.45, 7) is 2.02. The first-order chi connectivity index (χ1) is 15.0. The van der Waals surface area contributed by atoms with Crippen molar-refractivity contribution in [3.8, 4) is 11.1 Å². The van der Waals surface area contributed by atoms with Gasteiger partial charge in [-0.05, 0) is 48.6 Å². The van der Waals surface area contributed by atoms with Crippen molar-refractivity contribution in [2.45, 2.75) is 19.4 Å². The maximum absolute atomic E-state index is 13.4. The van der Waals surface area contributed by atoms with Crippen LogP contribution in [0.2, 0.25) is 5.15 Å². The minimum absolute atomic E-state index is 0.0364. The summed E-state index contributed by atoms with van der Waals surface area (Å²) in [5.41, 5.74) is 0.370. The molecule has 1 fully saturated rings. The lowest BCUT2D eigenvalue weighted by molar-refractivity contribution is 0.0612. The maximum atomic E-state index is 13.4. The number of hydrogen-bond acceptors (Lipinski definition) is 5. The van der Waals surface area contributed by atoms with Crippen molar-refractivity contribution in [1.82, 2.24) is 14.8 Å². The number of amides is 1. The van der Waals surface area contributed by atoms with Crippen LogP contribution in [0.25, 0.3) is 11.1 Å². The lowest BCUT2D eigenvalue weighted by atomic mass is 9.99. The Labute approximate surface area is 182 Å². The molecule has 3 heterocycles. The molecule has 1 N–H and O–H groups in total. The predicted molar refractivity (Wildman–Crippen MR) is 115 cm³/mol. The van der Waals surface area contributed by atoms with E-state index in [9.17, 15) is 14.0 Å². The third-order valence-electron chi connectivity index (χ3n) is 5.16. The number of rotatable bonds is 5. The minimum Gasteiger partial charge on any atom is -0.381 e. The predicted octanol–water partition coefficient (Wildman–Crippen LogP) is 3.78. The number of aromatic nitrogens is 3. The summed E-state index contributed by atoms with van der Waals surface area (Å²) in [5, 5.41) is 10.3. The highest BCUT2D eigenvalue weighted by atomic mass is 35.5. The third kappa shape index (κ3) is 5.15. The summed E-state index contributed by atoms with van der Waals surface area (Å²) in [6.07, 6.45) is 5.06. The van der Waals surface area contributed by atoms with Crippen molar-refractivity contribution in [2.75, 3.05) is 18.5 Å². The van der Waals surface area contributed by atoms with Crippen molar-refractivity contribution in [2.24, 2.45) is 5.92 Å². The van der Waals surface area contributed by atoms with E-state index in [1.54, 1.807) is 12.4 Å². The van der Waals surface area contributed by atoms with Crippen molar-refractivity contribution in [3.63, 3.8) is 0 Å². The molecule has 0 aliphatic carbocycles. The van der Waals surface area contributed by atoms with E-state index >= 15 is 0 Å². The maximum Gasteiger partial charge on any atom is 0.262 e. The summed E-state index contributed by atoms with van der Waals surface area (Å²) < 4.78 is 20.7. The second-order valence-electron chi connectivity index (χ2n) is 7.37. The van der Waals surface area contributed by atoms with Crippen molar-refractivity contribution in [3.05, 3.63) is 75.5 Å². The Balaban J connectivity index is 1.71. The molecule has 31 heavy (non-hydrogen) atoms. The third-order valence-corrected chi connectivity index (χ3v) is 5.36. The lowest BCUT2D eigenvalue weighted by Crippen LogP contribution is -2.27. The van der Waals surface area contributed by atoms with Gasteiger partial charge in [-0.15, -0.1) is 10.2 Å². The normalized spacial score (nSPS) is 14.4. The zero-order valence-corrected chi connectivity index (χ0v) is 17.3. The largest absolute Gasteiger partial charge is 0.381 e. The van der Waals surface area contributed by atoms with Crippen LogP contribution < -0.4 is 10.7 Å². The molecule has 0 saturated carbocycles. The Morgan fingerprint density at radius 1 is 1.13 bits per heavy atom.